The molecule has 0 radical (unpaired) electrons. The predicted octanol–water partition coefficient (Wildman–Crippen LogP) is 4.06. The number of anilines is 1. The van der Waals surface area contributed by atoms with Crippen LogP contribution in [0.2, 0.25) is 0 Å². The van der Waals surface area contributed by atoms with Crippen LogP contribution in [-0.4, -0.2) is 17.4 Å². The zero-order valence-corrected chi connectivity index (χ0v) is 12.8. The van der Waals surface area contributed by atoms with Gasteiger partial charge in [-0.15, -0.1) is 23.5 Å². The molecule has 1 unspecified atom stereocenters. The van der Waals surface area contributed by atoms with Gasteiger partial charge in [-0.3, -0.25) is 4.79 Å². The number of hydrogen-bond acceptors (Lipinski definition) is 3. The zero-order valence-electron chi connectivity index (χ0n) is 11.1. The molecule has 1 amide bonds. The SMILES string of the molecule is CSc1ccccc1NC(=O)C1Cc2ccccc2S1. The fourth-order valence-corrected chi connectivity index (χ4v) is 4.04. The van der Waals surface area contributed by atoms with Crippen molar-refractivity contribution in [1.29, 1.82) is 0 Å². The highest BCUT2D eigenvalue weighted by molar-refractivity contribution is 8.01. The van der Waals surface area contributed by atoms with Crippen molar-refractivity contribution in [2.24, 2.45) is 0 Å². The molecule has 0 saturated carbocycles. The molecule has 20 heavy (non-hydrogen) atoms. The van der Waals surface area contributed by atoms with Crippen LogP contribution in [0.4, 0.5) is 5.69 Å². The standard InChI is InChI=1S/C16H15NOS2/c1-19-14-9-5-3-7-12(14)17-16(18)15-10-11-6-2-4-8-13(11)20-15/h2-9,15H,10H2,1H3,(H,17,18). The molecule has 0 aromatic heterocycles. The number of thioether (sulfide) groups is 2. The fraction of sp³-hybridized carbons (Fsp3) is 0.188. The van der Waals surface area contributed by atoms with Crippen LogP contribution < -0.4 is 5.32 Å². The third-order valence-corrected chi connectivity index (χ3v) is 5.42. The first-order valence-corrected chi connectivity index (χ1v) is 8.57. The van der Waals surface area contributed by atoms with Crippen molar-refractivity contribution < 1.29 is 4.79 Å². The van der Waals surface area contributed by atoms with Gasteiger partial charge in [-0.1, -0.05) is 30.3 Å². The van der Waals surface area contributed by atoms with Gasteiger partial charge in [-0.25, -0.2) is 0 Å². The van der Waals surface area contributed by atoms with Gasteiger partial charge in [0, 0.05) is 9.79 Å². The monoisotopic (exact) mass is 301 g/mol. The van der Waals surface area contributed by atoms with E-state index < -0.39 is 0 Å². The molecule has 2 aromatic rings. The van der Waals surface area contributed by atoms with E-state index in [0.29, 0.717) is 0 Å². The summed E-state index contributed by atoms with van der Waals surface area (Å²) in [6.45, 7) is 0. The van der Waals surface area contributed by atoms with E-state index in [9.17, 15) is 4.79 Å². The maximum absolute atomic E-state index is 12.4. The smallest absolute Gasteiger partial charge is 0.238 e. The highest BCUT2D eigenvalue weighted by Gasteiger charge is 2.28. The zero-order chi connectivity index (χ0) is 13.9. The second kappa shape index (κ2) is 5.94. The number of amides is 1. The van der Waals surface area contributed by atoms with Crippen molar-refractivity contribution in [1.82, 2.24) is 0 Å². The Bertz CT molecular complexity index is 617. The first-order chi connectivity index (χ1) is 9.78. The van der Waals surface area contributed by atoms with Crippen LogP contribution in [0.1, 0.15) is 5.56 Å². The predicted molar refractivity (Wildman–Crippen MR) is 86.6 cm³/mol. The van der Waals surface area contributed by atoms with E-state index >= 15 is 0 Å². The summed E-state index contributed by atoms with van der Waals surface area (Å²) in [4.78, 5) is 14.7. The Labute approximate surface area is 127 Å². The van der Waals surface area contributed by atoms with Crippen molar-refractivity contribution in [2.75, 3.05) is 11.6 Å². The van der Waals surface area contributed by atoms with Crippen LogP contribution in [-0.2, 0) is 11.2 Å². The topological polar surface area (TPSA) is 29.1 Å². The molecule has 1 N–H and O–H groups in total. The highest BCUT2D eigenvalue weighted by Crippen LogP contribution is 2.37. The number of para-hydroxylation sites is 1. The Balaban J connectivity index is 1.72. The molecule has 3 rings (SSSR count). The molecule has 0 fully saturated rings. The van der Waals surface area contributed by atoms with E-state index in [1.54, 1.807) is 23.5 Å². The molecule has 2 nitrogen and oxygen atoms in total. The van der Waals surface area contributed by atoms with Crippen molar-refractivity contribution in [3.63, 3.8) is 0 Å². The molecule has 1 aliphatic rings. The van der Waals surface area contributed by atoms with Gasteiger partial charge < -0.3 is 5.32 Å². The van der Waals surface area contributed by atoms with Crippen LogP contribution in [0.5, 0.6) is 0 Å². The maximum atomic E-state index is 12.4. The first kappa shape index (κ1) is 13.6. The van der Waals surface area contributed by atoms with E-state index in [2.05, 4.69) is 17.4 Å². The second-order valence-corrected chi connectivity index (χ2v) is 6.70. The number of benzene rings is 2. The summed E-state index contributed by atoms with van der Waals surface area (Å²) in [6.07, 6.45) is 2.83. The third kappa shape index (κ3) is 2.72. The number of hydrogen-bond donors (Lipinski definition) is 1. The highest BCUT2D eigenvalue weighted by atomic mass is 32.2. The van der Waals surface area contributed by atoms with E-state index in [4.69, 9.17) is 0 Å². The minimum absolute atomic E-state index is 0.0256. The Kier molecular flexibility index (Phi) is 4.03. The average molecular weight is 301 g/mol. The molecule has 0 saturated heterocycles. The van der Waals surface area contributed by atoms with Crippen molar-refractivity contribution in [3.05, 3.63) is 54.1 Å². The molecule has 4 heteroatoms. The van der Waals surface area contributed by atoms with Crippen molar-refractivity contribution in [2.45, 2.75) is 21.5 Å². The molecule has 1 aliphatic heterocycles. The van der Waals surface area contributed by atoms with Crippen molar-refractivity contribution in [3.8, 4) is 0 Å². The summed E-state index contributed by atoms with van der Waals surface area (Å²) in [5, 5.41) is 3.03. The molecule has 0 spiro atoms. The van der Waals surface area contributed by atoms with Crippen LogP contribution >= 0.6 is 23.5 Å². The van der Waals surface area contributed by atoms with Gasteiger partial charge in [0.15, 0.2) is 0 Å². The van der Waals surface area contributed by atoms with E-state index in [0.717, 1.165) is 17.0 Å². The lowest BCUT2D eigenvalue weighted by molar-refractivity contribution is -0.115. The summed E-state index contributed by atoms with van der Waals surface area (Å²) < 4.78 is 0. The van der Waals surface area contributed by atoms with Crippen LogP contribution in [0.15, 0.2) is 58.3 Å². The summed E-state index contributed by atoms with van der Waals surface area (Å²) in [7, 11) is 0. The molecule has 2 aromatic carbocycles. The van der Waals surface area contributed by atoms with Gasteiger partial charge >= 0.3 is 0 Å². The first-order valence-electron chi connectivity index (χ1n) is 6.46. The molecular weight excluding hydrogens is 286 g/mol. The molecular formula is C16H15NOS2. The molecule has 1 atom stereocenters. The molecule has 0 aliphatic carbocycles. The maximum Gasteiger partial charge on any atom is 0.238 e. The number of carbonyl (C=O) groups is 1. The Hall–Kier alpha value is -1.39. The lowest BCUT2D eigenvalue weighted by atomic mass is 10.1. The summed E-state index contributed by atoms with van der Waals surface area (Å²) in [5.74, 6) is 0.0905. The minimum Gasteiger partial charge on any atom is -0.324 e. The molecule has 102 valence electrons. The second-order valence-electron chi connectivity index (χ2n) is 4.61. The summed E-state index contributed by atoms with van der Waals surface area (Å²) in [5.41, 5.74) is 2.18. The van der Waals surface area contributed by atoms with Gasteiger partial charge in [-0.2, -0.15) is 0 Å². The fourth-order valence-electron chi connectivity index (χ4n) is 2.29. The van der Waals surface area contributed by atoms with Crippen molar-refractivity contribution >= 4 is 35.1 Å². The number of rotatable bonds is 3. The quantitative estimate of drug-likeness (QED) is 0.867. The lowest BCUT2D eigenvalue weighted by Crippen LogP contribution is -2.24. The molecule has 1 heterocycles. The minimum atomic E-state index is -0.0256. The van der Waals surface area contributed by atoms with Crippen LogP contribution in [0.25, 0.3) is 0 Å². The number of carbonyl (C=O) groups excluding carboxylic acids is 1. The van der Waals surface area contributed by atoms with Gasteiger partial charge in [0.25, 0.3) is 0 Å². The third-order valence-electron chi connectivity index (χ3n) is 3.30. The van der Waals surface area contributed by atoms with Gasteiger partial charge in [0.2, 0.25) is 5.91 Å². The molecule has 0 bridgehead atoms. The van der Waals surface area contributed by atoms with E-state index in [1.807, 2.05) is 42.7 Å². The lowest BCUT2D eigenvalue weighted by Gasteiger charge is -2.12. The van der Waals surface area contributed by atoms with Crippen LogP contribution in [0.3, 0.4) is 0 Å². The average Bonchev–Trinajstić information content (AvgIpc) is 2.92. The Morgan fingerprint density at radius 3 is 2.75 bits per heavy atom. The number of fused-ring (bicyclic) bond motifs is 1. The Morgan fingerprint density at radius 2 is 1.95 bits per heavy atom. The number of nitrogens with one attached hydrogen (secondary N) is 1. The summed E-state index contributed by atoms with van der Waals surface area (Å²) >= 11 is 3.30. The largest absolute Gasteiger partial charge is 0.324 e. The van der Waals surface area contributed by atoms with E-state index in [1.165, 1.54) is 10.5 Å². The van der Waals surface area contributed by atoms with Gasteiger partial charge in [-0.05, 0) is 36.4 Å². The van der Waals surface area contributed by atoms with Crippen LogP contribution in [0, 0.1) is 0 Å². The van der Waals surface area contributed by atoms with E-state index in [-0.39, 0.29) is 11.2 Å². The van der Waals surface area contributed by atoms with Gasteiger partial charge in [0.1, 0.15) is 0 Å². The summed E-state index contributed by atoms with van der Waals surface area (Å²) in [6, 6.07) is 16.2. The Morgan fingerprint density at radius 1 is 1.20 bits per heavy atom. The normalized spacial score (nSPS) is 16.8. The van der Waals surface area contributed by atoms with Gasteiger partial charge in [0.05, 0.1) is 10.9 Å².